The molecule has 0 radical (unpaired) electrons. The molecular weight excluding hydrogens is 351 g/mol. The normalized spacial score (nSPS) is 23.0. The van der Waals surface area contributed by atoms with Crippen LogP contribution in [0.2, 0.25) is 5.02 Å². The summed E-state index contributed by atoms with van der Waals surface area (Å²) < 4.78 is 40.1. The van der Waals surface area contributed by atoms with Crippen LogP contribution >= 0.6 is 11.6 Å². The van der Waals surface area contributed by atoms with Crippen molar-refractivity contribution in [1.82, 2.24) is 0 Å². The fourth-order valence-electron chi connectivity index (χ4n) is 3.24. The number of benzene rings is 2. The predicted octanol–water partition coefficient (Wildman–Crippen LogP) is 5.15. The van der Waals surface area contributed by atoms with E-state index in [4.69, 9.17) is 11.6 Å². The number of halogens is 4. The third-order valence-electron chi connectivity index (χ3n) is 4.36. The summed E-state index contributed by atoms with van der Waals surface area (Å²) in [5.74, 6) is -0.569. The number of alkyl halides is 3. The smallest absolute Gasteiger partial charge is 0.376 e. The van der Waals surface area contributed by atoms with Crippen LogP contribution in [-0.2, 0) is 10.2 Å². The van der Waals surface area contributed by atoms with Crippen LogP contribution in [0, 0.1) is 0 Å². The van der Waals surface area contributed by atoms with E-state index in [0.29, 0.717) is 16.3 Å². The molecule has 2 nitrogen and oxygen atoms in total. The Balaban J connectivity index is 2.07. The van der Waals surface area contributed by atoms with Crippen molar-refractivity contribution in [2.45, 2.75) is 24.1 Å². The van der Waals surface area contributed by atoms with Crippen LogP contribution in [0.1, 0.15) is 12.0 Å². The Kier molecular flexibility index (Phi) is 4.60. The highest BCUT2D eigenvalue weighted by Crippen LogP contribution is 2.45. The van der Waals surface area contributed by atoms with Crippen LogP contribution < -0.4 is 5.32 Å². The standard InChI is InChI=1S/C19H15ClF3NO/c20-14-8-4-5-9-15(14)24-16-10-11-17(25)18(16,12-19(21,22)23)13-6-2-1-3-7-13/h1-11,16,24H,12H2/t16-,18-/m1/s1. The molecule has 1 N–H and O–H groups in total. The van der Waals surface area contributed by atoms with E-state index in [0.717, 1.165) is 0 Å². The largest absolute Gasteiger partial charge is 0.390 e. The molecule has 3 rings (SSSR count). The molecule has 1 aliphatic carbocycles. The summed E-state index contributed by atoms with van der Waals surface area (Å²) in [6.07, 6.45) is -3.06. The quantitative estimate of drug-likeness (QED) is 0.811. The van der Waals surface area contributed by atoms with Gasteiger partial charge in [-0.3, -0.25) is 4.79 Å². The topological polar surface area (TPSA) is 29.1 Å². The molecule has 0 amide bonds. The summed E-state index contributed by atoms with van der Waals surface area (Å²) >= 11 is 6.12. The number of allylic oxidation sites excluding steroid dienone is 1. The molecule has 0 aromatic heterocycles. The third kappa shape index (κ3) is 3.42. The molecule has 0 unspecified atom stereocenters. The van der Waals surface area contributed by atoms with Crippen molar-refractivity contribution in [2.75, 3.05) is 5.32 Å². The minimum absolute atomic E-state index is 0.326. The maximum atomic E-state index is 13.4. The van der Waals surface area contributed by atoms with Crippen molar-refractivity contribution in [3.63, 3.8) is 0 Å². The van der Waals surface area contributed by atoms with Crippen molar-refractivity contribution >= 4 is 23.1 Å². The molecule has 2 aromatic rings. The zero-order valence-electron chi connectivity index (χ0n) is 13.1. The van der Waals surface area contributed by atoms with Crippen molar-refractivity contribution in [3.05, 3.63) is 77.3 Å². The lowest BCUT2D eigenvalue weighted by atomic mass is 9.71. The number of nitrogens with one attached hydrogen (secondary N) is 1. The second-order valence-electron chi connectivity index (χ2n) is 5.95. The first-order valence-corrected chi connectivity index (χ1v) is 8.07. The first-order valence-electron chi connectivity index (χ1n) is 7.69. The zero-order chi connectivity index (χ0) is 18.1. The lowest BCUT2D eigenvalue weighted by Crippen LogP contribution is -2.48. The van der Waals surface area contributed by atoms with Crippen LogP contribution in [0.15, 0.2) is 66.7 Å². The maximum Gasteiger partial charge on any atom is 0.390 e. The van der Waals surface area contributed by atoms with E-state index >= 15 is 0 Å². The minimum atomic E-state index is -4.50. The monoisotopic (exact) mass is 365 g/mol. The van der Waals surface area contributed by atoms with Crippen molar-refractivity contribution in [3.8, 4) is 0 Å². The van der Waals surface area contributed by atoms with E-state index in [-0.39, 0.29) is 0 Å². The highest BCUT2D eigenvalue weighted by molar-refractivity contribution is 6.33. The van der Waals surface area contributed by atoms with Gasteiger partial charge in [-0.05, 0) is 23.8 Å². The van der Waals surface area contributed by atoms with Crippen LogP contribution in [-0.4, -0.2) is 18.0 Å². The Morgan fingerprint density at radius 3 is 2.32 bits per heavy atom. The number of anilines is 1. The van der Waals surface area contributed by atoms with Gasteiger partial charge >= 0.3 is 6.18 Å². The fraction of sp³-hybridized carbons (Fsp3) is 0.211. The summed E-state index contributed by atoms with van der Waals surface area (Å²) in [7, 11) is 0. The molecule has 0 spiro atoms. The Hall–Kier alpha value is -2.27. The summed E-state index contributed by atoms with van der Waals surface area (Å²) in [6, 6.07) is 14.0. The highest BCUT2D eigenvalue weighted by Gasteiger charge is 2.54. The molecular formula is C19H15ClF3NO. The maximum absolute atomic E-state index is 13.4. The van der Waals surface area contributed by atoms with Crippen molar-refractivity contribution < 1.29 is 18.0 Å². The van der Waals surface area contributed by atoms with E-state index in [9.17, 15) is 18.0 Å². The van der Waals surface area contributed by atoms with Gasteiger partial charge in [-0.1, -0.05) is 60.1 Å². The summed E-state index contributed by atoms with van der Waals surface area (Å²) in [5.41, 5.74) is -0.943. The minimum Gasteiger partial charge on any atom is -0.376 e. The SMILES string of the molecule is O=C1C=C[C@@H](Nc2ccccc2Cl)[C@@]1(CC(F)(F)F)c1ccccc1. The van der Waals surface area contributed by atoms with Gasteiger partial charge in [-0.25, -0.2) is 0 Å². The van der Waals surface area contributed by atoms with E-state index in [2.05, 4.69) is 5.32 Å². The Morgan fingerprint density at radius 1 is 1.04 bits per heavy atom. The number of carbonyl (C=O) groups excluding carboxylic acids is 1. The summed E-state index contributed by atoms with van der Waals surface area (Å²) in [5, 5.41) is 3.39. The first kappa shape index (κ1) is 17.5. The fourth-order valence-corrected chi connectivity index (χ4v) is 3.43. The average molecular weight is 366 g/mol. The zero-order valence-corrected chi connectivity index (χ0v) is 13.8. The average Bonchev–Trinajstić information content (AvgIpc) is 2.86. The lowest BCUT2D eigenvalue weighted by Gasteiger charge is -2.36. The number of para-hydroxylation sites is 1. The molecule has 0 bridgehead atoms. The van der Waals surface area contributed by atoms with Crippen molar-refractivity contribution in [2.24, 2.45) is 0 Å². The number of hydrogen-bond donors (Lipinski definition) is 1. The third-order valence-corrected chi connectivity index (χ3v) is 4.69. The lowest BCUT2D eigenvalue weighted by molar-refractivity contribution is -0.155. The molecule has 130 valence electrons. The molecule has 2 atom stereocenters. The van der Waals surface area contributed by atoms with Crippen molar-refractivity contribution in [1.29, 1.82) is 0 Å². The van der Waals surface area contributed by atoms with Crippen LogP contribution in [0.3, 0.4) is 0 Å². The molecule has 2 aromatic carbocycles. The van der Waals surface area contributed by atoms with E-state index in [1.807, 2.05) is 0 Å². The van der Waals surface area contributed by atoms with Gasteiger partial charge in [0.05, 0.1) is 28.6 Å². The van der Waals surface area contributed by atoms with Gasteiger partial charge < -0.3 is 5.32 Å². The first-order chi connectivity index (χ1) is 11.8. The molecule has 0 heterocycles. The summed E-state index contributed by atoms with van der Waals surface area (Å²) in [4.78, 5) is 12.6. The van der Waals surface area contributed by atoms with Gasteiger partial charge in [0.25, 0.3) is 0 Å². The van der Waals surface area contributed by atoms with Crippen LogP contribution in [0.5, 0.6) is 0 Å². The van der Waals surface area contributed by atoms with Crippen LogP contribution in [0.25, 0.3) is 0 Å². The molecule has 1 aliphatic rings. The van der Waals surface area contributed by atoms with Gasteiger partial charge in [0, 0.05) is 0 Å². The van der Waals surface area contributed by atoms with Gasteiger partial charge in [0.15, 0.2) is 5.78 Å². The Morgan fingerprint density at radius 2 is 1.68 bits per heavy atom. The van der Waals surface area contributed by atoms with Gasteiger partial charge in [-0.2, -0.15) is 13.2 Å². The number of carbonyl (C=O) groups is 1. The molecule has 25 heavy (non-hydrogen) atoms. The highest BCUT2D eigenvalue weighted by atomic mass is 35.5. The molecule has 0 saturated carbocycles. The second-order valence-corrected chi connectivity index (χ2v) is 6.36. The second kappa shape index (κ2) is 6.56. The molecule has 0 saturated heterocycles. The van der Waals surface area contributed by atoms with Gasteiger partial charge in [0.1, 0.15) is 0 Å². The molecule has 0 fully saturated rings. The predicted molar refractivity (Wildman–Crippen MR) is 91.8 cm³/mol. The molecule has 0 aliphatic heterocycles. The Bertz CT molecular complexity index is 804. The van der Waals surface area contributed by atoms with E-state index in [1.165, 1.54) is 12.2 Å². The number of ketones is 1. The Labute approximate surface area is 148 Å². The number of rotatable bonds is 4. The summed E-state index contributed by atoms with van der Waals surface area (Å²) in [6.45, 7) is 0. The van der Waals surface area contributed by atoms with Crippen LogP contribution in [0.4, 0.5) is 18.9 Å². The van der Waals surface area contributed by atoms with Gasteiger partial charge in [0.2, 0.25) is 0 Å². The van der Waals surface area contributed by atoms with E-state index in [1.54, 1.807) is 54.6 Å². The number of hydrogen-bond acceptors (Lipinski definition) is 2. The molecule has 6 heteroatoms. The van der Waals surface area contributed by atoms with Gasteiger partial charge in [-0.15, -0.1) is 0 Å². The van der Waals surface area contributed by atoms with E-state index < -0.39 is 29.8 Å².